The van der Waals surface area contributed by atoms with Crippen molar-refractivity contribution in [2.45, 2.75) is 6.54 Å². The van der Waals surface area contributed by atoms with E-state index in [1.807, 2.05) is 35.0 Å². The summed E-state index contributed by atoms with van der Waals surface area (Å²) in [6.45, 7) is 0.441. The first-order valence-corrected chi connectivity index (χ1v) is 7.46. The molecule has 0 aliphatic rings. The minimum atomic E-state index is -0.272. The van der Waals surface area contributed by atoms with Crippen molar-refractivity contribution in [3.63, 3.8) is 0 Å². The van der Waals surface area contributed by atoms with Crippen molar-refractivity contribution < 1.29 is 4.79 Å². The lowest BCUT2D eigenvalue weighted by atomic mass is 10.2. The molecule has 3 aromatic rings. The second kappa shape index (κ2) is 6.98. The van der Waals surface area contributed by atoms with E-state index in [1.54, 1.807) is 36.8 Å². The number of hydrogen-bond acceptors (Lipinski definition) is 2. The van der Waals surface area contributed by atoms with Crippen molar-refractivity contribution in [1.82, 2.24) is 14.9 Å². The number of benzene rings is 2. The Morgan fingerprint density at radius 3 is 2.70 bits per heavy atom. The number of nitrogens with zero attached hydrogens (tertiary/aromatic N) is 2. The summed E-state index contributed by atoms with van der Waals surface area (Å²) < 4.78 is 1.92. The van der Waals surface area contributed by atoms with Crippen LogP contribution in [0.5, 0.6) is 0 Å². The SMILES string of the molecule is O=C(NCc1ccc(-n2ccnc2)cc1)Nc1cccc(Cl)c1. The van der Waals surface area contributed by atoms with Crippen LogP contribution in [0.4, 0.5) is 10.5 Å². The summed E-state index contributed by atoms with van der Waals surface area (Å²) >= 11 is 5.88. The topological polar surface area (TPSA) is 59.0 Å². The standard InChI is InChI=1S/C17H15ClN4O/c18-14-2-1-3-15(10-14)21-17(23)20-11-13-4-6-16(7-5-13)22-9-8-19-12-22/h1-10,12H,11H2,(H2,20,21,23). The molecule has 5 nitrogen and oxygen atoms in total. The average Bonchev–Trinajstić information content (AvgIpc) is 3.08. The van der Waals surface area contributed by atoms with Gasteiger partial charge in [-0.25, -0.2) is 9.78 Å². The van der Waals surface area contributed by atoms with Crippen molar-refractivity contribution in [3.05, 3.63) is 77.8 Å². The summed E-state index contributed by atoms with van der Waals surface area (Å²) in [5.74, 6) is 0. The number of imidazole rings is 1. The number of urea groups is 1. The van der Waals surface area contributed by atoms with Gasteiger partial charge in [-0.3, -0.25) is 0 Å². The smallest absolute Gasteiger partial charge is 0.319 e. The van der Waals surface area contributed by atoms with Crippen LogP contribution < -0.4 is 10.6 Å². The van der Waals surface area contributed by atoms with Crippen molar-refractivity contribution in [2.75, 3.05) is 5.32 Å². The number of nitrogens with one attached hydrogen (secondary N) is 2. The zero-order valence-electron chi connectivity index (χ0n) is 12.2. The predicted octanol–water partition coefficient (Wildman–Crippen LogP) is 3.85. The van der Waals surface area contributed by atoms with Crippen molar-refractivity contribution in [1.29, 1.82) is 0 Å². The molecule has 0 saturated heterocycles. The molecule has 2 amide bonds. The molecule has 0 unspecified atom stereocenters. The van der Waals surface area contributed by atoms with Crippen LogP contribution in [0.1, 0.15) is 5.56 Å². The highest BCUT2D eigenvalue weighted by molar-refractivity contribution is 6.30. The van der Waals surface area contributed by atoms with Crippen molar-refractivity contribution in [2.24, 2.45) is 0 Å². The van der Waals surface area contributed by atoms with Gasteiger partial charge in [-0.05, 0) is 35.9 Å². The number of carbonyl (C=O) groups is 1. The van der Waals surface area contributed by atoms with Gasteiger partial charge in [-0.1, -0.05) is 29.8 Å². The maximum atomic E-state index is 11.9. The van der Waals surface area contributed by atoms with E-state index in [1.165, 1.54) is 0 Å². The van der Waals surface area contributed by atoms with Crippen LogP contribution in [0.2, 0.25) is 5.02 Å². The molecule has 1 heterocycles. The molecule has 1 aromatic heterocycles. The maximum Gasteiger partial charge on any atom is 0.319 e. The molecule has 0 atom stereocenters. The Kier molecular flexibility index (Phi) is 4.59. The van der Waals surface area contributed by atoms with Crippen LogP contribution in [0, 0.1) is 0 Å². The second-order valence-electron chi connectivity index (χ2n) is 4.95. The fourth-order valence-electron chi connectivity index (χ4n) is 2.12. The van der Waals surface area contributed by atoms with Crippen LogP contribution in [-0.4, -0.2) is 15.6 Å². The van der Waals surface area contributed by atoms with E-state index in [0.29, 0.717) is 17.3 Å². The van der Waals surface area contributed by atoms with Gasteiger partial charge in [0.05, 0.1) is 6.33 Å². The Morgan fingerprint density at radius 1 is 1.17 bits per heavy atom. The highest BCUT2D eigenvalue weighted by Crippen LogP contribution is 2.14. The minimum Gasteiger partial charge on any atom is -0.334 e. The summed E-state index contributed by atoms with van der Waals surface area (Å²) in [4.78, 5) is 15.9. The van der Waals surface area contributed by atoms with Gasteiger partial charge in [0, 0.05) is 35.3 Å². The third-order valence-electron chi connectivity index (χ3n) is 3.27. The van der Waals surface area contributed by atoms with Crippen LogP contribution in [0.25, 0.3) is 5.69 Å². The largest absolute Gasteiger partial charge is 0.334 e. The molecule has 6 heteroatoms. The average molecular weight is 327 g/mol. The van der Waals surface area contributed by atoms with E-state index in [2.05, 4.69) is 15.6 Å². The molecular weight excluding hydrogens is 312 g/mol. The van der Waals surface area contributed by atoms with Gasteiger partial charge >= 0.3 is 6.03 Å². The molecule has 2 N–H and O–H groups in total. The fraction of sp³-hybridized carbons (Fsp3) is 0.0588. The Bertz CT molecular complexity index is 785. The van der Waals surface area contributed by atoms with Gasteiger partial charge in [0.15, 0.2) is 0 Å². The first kappa shape index (κ1) is 15.1. The molecule has 3 rings (SSSR count). The van der Waals surface area contributed by atoms with Crippen molar-refractivity contribution >= 4 is 23.3 Å². The van der Waals surface area contributed by atoms with Gasteiger partial charge in [-0.2, -0.15) is 0 Å². The van der Waals surface area contributed by atoms with E-state index in [0.717, 1.165) is 11.3 Å². The van der Waals surface area contributed by atoms with Crippen LogP contribution >= 0.6 is 11.6 Å². The normalized spacial score (nSPS) is 10.3. The van der Waals surface area contributed by atoms with Gasteiger partial charge in [0.25, 0.3) is 0 Å². The summed E-state index contributed by atoms with van der Waals surface area (Å²) in [5.41, 5.74) is 2.69. The van der Waals surface area contributed by atoms with E-state index >= 15 is 0 Å². The molecular formula is C17H15ClN4O. The zero-order valence-corrected chi connectivity index (χ0v) is 13.0. The number of rotatable bonds is 4. The van der Waals surface area contributed by atoms with E-state index in [-0.39, 0.29) is 6.03 Å². The second-order valence-corrected chi connectivity index (χ2v) is 5.39. The van der Waals surface area contributed by atoms with E-state index < -0.39 is 0 Å². The lowest BCUT2D eigenvalue weighted by Crippen LogP contribution is -2.28. The van der Waals surface area contributed by atoms with Gasteiger partial charge in [0.1, 0.15) is 0 Å². The summed E-state index contributed by atoms with van der Waals surface area (Å²) in [6.07, 6.45) is 5.35. The van der Waals surface area contributed by atoms with E-state index in [9.17, 15) is 4.79 Å². The quantitative estimate of drug-likeness (QED) is 0.765. The molecule has 23 heavy (non-hydrogen) atoms. The number of aromatic nitrogens is 2. The Morgan fingerprint density at radius 2 is 2.00 bits per heavy atom. The molecule has 0 aliphatic carbocycles. The first-order valence-electron chi connectivity index (χ1n) is 7.08. The van der Waals surface area contributed by atoms with Crippen LogP contribution in [-0.2, 0) is 6.54 Å². The summed E-state index contributed by atoms with van der Waals surface area (Å²) in [5, 5.41) is 6.13. The third-order valence-corrected chi connectivity index (χ3v) is 3.51. The minimum absolute atomic E-state index is 0.272. The molecule has 0 saturated carbocycles. The Hall–Kier alpha value is -2.79. The number of amides is 2. The monoisotopic (exact) mass is 326 g/mol. The Balaban J connectivity index is 1.54. The predicted molar refractivity (Wildman–Crippen MR) is 90.9 cm³/mol. The highest BCUT2D eigenvalue weighted by Gasteiger charge is 2.03. The highest BCUT2D eigenvalue weighted by atomic mass is 35.5. The number of halogens is 1. The molecule has 0 spiro atoms. The first-order chi connectivity index (χ1) is 11.2. The van der Waals surface area contributed by atoms with Crippen LogP contribution in [0.3, 0.4) is 0 Å². The lowest BCUT2D eigenvalue weighted by Gasteiger charge is -2.09. The maximum absolute atomic E-state index is 11.9. The summed E-state index contributed by atoms with van der Waals surface area (Å²) in [6, 6.07) is 14.6. The van der Waals surface area contributed by atoms with E-state index in [4.69, 9.17) is 11.6 Å². The number of hydrogen-bond donors (Lipinski definition) is 2. The fourth-order valence-corrected chi connectivity index (χ4v) is 2.31. The molecule has 2 aromatic carbocycles. The molecule has 0 fully saturated rings. The number of carbonyl (C=O) groups excluding carboxylic acids is 1. The number of anilines is 1. The van der Waals surface area contributed by atoms with Crippen molar-refractivity contribution in [3.8, 4) is 5.69 Å². The zero-order chi connectivity index (χ0) is 16.1. The van der Waals surface area contributed by atoms with Gasteiger partial charge < -0.3 is 15.2 Å². The molecule has 0 aliphatic heterocycles. The molecule has 0 radical (unpaired) electrons. The molecule has 0 bridgehead atoms. The lowest BCUT2D eigenvalue weighted by molar-refractivity contribution is 0.251. The molecule has 116 valence electrons. The van der Waals surface area contributed by atoms with Gasteiger partial charge in [-0.15, -0.1) is 0 Å². The van der Waals surface area contributed by atoms with Gasteiger partial charge in [0.2, 0.25) is 0 Å². The Labute approximate surface area is 138 Å². The summed E-state index contributed by atoms with van der Waals surface area (Å²) in [7, 11) is 0. The third kappa shape index (κ3) is 4.11. The van der Waals surface area contributed by atoms with Crippen LogP contribution in [0.15, 0.2) is 67.3 Å².